The van der Waals surface area contributed by atoms with Gasteiger partial charge >= 0.3 is 6.09 Å². The molecule has 32 heavy (non-hydrogen) atoms. The summed E-state index contributed by atoms with van der Waals surface area (Å²) in [6, 6.07) is 8.34. The molecular weight excluding hydrogens is 432 g/mol. The minimum Gasteiger partial charge on any atom is -0.445 e. The van der Waals surface area contributed by atoms with E-state index in [4.69, 9.17) is 4.74 Å². The van der Waals surface area contributed by atoms with Crippen LogP contribution in [-0.2, 0) is 38.6 Å². The first-order chi connectivity index (χ1) is 15.3. The Balaban J connectivity index is 1.65. The lowest BCUT2D eigenvalue weighted by Gasteiger charge is -2.23. The molecule has 0 aliphatic carbocycles. The summed E-state index contributed by atoms with van der Waals surface area (Å²) in [6.45, 7) is 3.94. The lowest BCUT2D eigenvalue weighted by Crippen LogP contribution is -2.46. The number of aromatic nitrogens is 2. The fourth-order valence-electron chi connectivity index (χ4n) is 3.38. The van der Waals surface area contributed by atoms with Gasteiger partial charge in [-0.05, 0) is 11.5 Å². The van der Waals surface area contributed by atoms with Gasteiger partial charge in [0.05, 0.1) is 6.04 Å². The van der Waals surface area contributed by atoms with E-state index in [-0.39, 0.29) is 37.7 Å². The topological polar surface area (TPSA) is 127 Å². The van der Waals surface area contributed by atoms with Crippen molar-refractivity contribution in [3.05, 3.63) is 45.9 Å². The fourth-order valence-corrected chi connectivity index (χ4v) is 4.30. The lowest BCUT2D eigenvalue weighted by molar-refractivity contribution is -0.141. The SMILES string of the molecule is CC(C)C(NC(=O)OCc1ccccc1)C(=O)CC1Cc2nnc(s2)CCNC(=O)C1=O. The van der Waals surface area contributed by atoms with Gasteiger partial charge in [-0.25, -0.2) is 4.79 Å². The molecule has 10 heteroatoms. The van der Waals surface area contributed by atoms with E-state index in [0.29, 0.717) is 11.4 Å². The predicted octanol–water partition coefficient (Wildman–Crippen LogP) is 1.85. The number of fused-ring (bicyclic) bond motifs is 2. The van der Waals surface area contributed by atoms with Crippen LogP contribution < -0.4 is 10.6 Å². The second kappa shape index (κ2) is 10.9. The van der Waals surface area contributed by atoms with E-state index in [2.05, 4.69) is 20.8 Å². The van der Waals surface area contributed by atoms with Crippen LogP contribution in [0, 0.1) is 11.8 Å². The number of carbonyl (C=O) groups excluding carboxylic acids is 4. The van der Waals surface area contributed by atoms with E-state index in [1.165, 1.54) is 11.3 Å². The molecule has 2 heterocycles. The van der Waals surface area contributed by atoms with Crippen molar-refractivity contribution in [3.8, 4) is 0 Å². The first-order valence-corrected chi connectivity index (χ1v) is 11.3. The summed E-state index contributed by atoms with van der Waals surface area (Å²) >= 11 is 1.37. The van der Waals surface area contributed by atoms with Crippen molar-refractivity contribution in [1.82, 2.24) is 20.8 Å². The summed E-state index contributed by atoms with van der Waals surface area (Å²) in [6.07, 6.45) is -0.253. The molecule has 1 aliphatic heterocycles. The molecule has 2 amide bonds. The average Bonchev–Trinajstić information content (AvgIpc) is 3.21. The third kappa shape index (κ3) is 6.43. The average molecular weight is 459 g/mol. The molecule has 9 nitrogen and oxygen atoms in total. The van der Waals surface area contributed by atoms with Gasteiger partial charge in [0.1, 0.15) is 16.6 Å². The second-order valence-corrected chi connectivity index (χ2v) is 9.11. The van der Waals surface area contributed by atoms with Gasteiger partial charge in [0.15, 0.2) is 5.78 Å². The molecule has 1 aliphatic rings. The van der Waals surface area contributed by atoms with Crippen molar-refractivity contribution in [2.45, 2.75) is 45.8 Å². The molecule has 3 rings (SSSR count). The highest BCUT2D eigenvalue weighted by Crippen LogP contribution is 2.21. The molecule has 0 radical (unpaired) electrons. The number of Topliss-reactive ketones (excluding diaryl/α,β-unsaturated/α-hetero) is 2. The summed E-state index contributed by atoms with van der Waals surface area (Å²) < 4.78 is 5.22. The van der Waals surface area contributed by atoms with E-state index in [1.54, 1.807) is 13.8 Å². The Morgan fingerprint density at radius 1 is 1.19 bits per heavy atom. The molecule has 2 bridgehead atoms. The van der Waals surface area contributed by atoms with E-state index in [0.717, 1.165) is 10.6 Å². The van der Waals surface area contributed by atoms with Gasteiger partial charge in [0.2, 0.25) is 5.78 Å². The molecule has 0 spiro atoms. The van der Waals surface area contributed by atoms with Crippen LogP contribution in [0.2, 0.25) is 0 Å². The molecular formula is C22H26N4O5S. The number of nitrogens with zero attached hydrogens (tertiary/aromatic N) is 2. The maximum atomic E-state index is 13.0. The van der Waals surface area contributed by atoms with Crippen molar-refractivity contribution in [2.75, 3.05) is 6.54 Å². The standard InChI is InChI=1S/C22H26N4O5S/c1-13(2)19(24-22(30)31-12-14-6-4-3-5-7-14)16(27)10-15-11-18-26-25-17(32-18)8-9-23-21(29)20(15)28/h3-7,13,15,19H,8-12H2,1-2H3,(H,23,29)(H,24,30). The van der Waals surface area contributed by atoms with Crippen molar-refractivity contribution < 1.29 is 23.9 Å². The monoisotopic (exact) mass is 458 g/mol. The minimum absolute atomic E-state index is 0.0757. The molecule has 0 saturated carbocycles. The molecule has 2 aromatic rings. The molecule has 0 fully saturated rings. The number of carbonyl (C=O) groups is 4. The zero-order chi connectivity index (χ0) is 23.1. The van der Waals surface area contributed by atoms with Crippen LogP contribution in [0.1, 0.15) is 35.8 Å². The Morgan fingerprint density at radius 2 is 1.91 bits per heavy atom. The van der Waals surface area contributed by atoms with E-state index >= 15 is 0 Å². The lowest BCUT2D eigenvalue weighted by atomic mass is 9.88. The maximum absolute atomic E-state index is 13.0. The normalized spacial score (nSPS) is 17.4. The van der Waals surface area contributed by atoms with Gasteiger partial charge in [-0.3, -0.25) is 14.4 Å². The highest BCUT2D eigenvalue weighted by atomic mass is 32.1. The van der Waals surface area contributed by atoms with Crippen molar-refractivity contribution in [2.24, 2.45) is 11.8 Å². The zero-order valence-corrected chi connectivity index (χ0v) is 18.8. The number of benzene rings is 1. The second-order valence-electron chi connectivity index (χ2n) is 7.96. The Morgan fingerprint density at radius 3 is 2.62 bits per heavy atom. The molecule has 2 unspecified atom stereocenters. The summed E-state index contributed by atoms with van der Waals surface area (Å²) in [7, 11) is 0. The van der Waals surface area contributed by atoms with Crippen molar-refractivity contribution in [3.63, 3.8) is 0 Å². The van der Waals surface area contributed by atoms with Crippen LogP contribution in [0.3, 0.4) is 0 Å². The largest absolute Gasteiger partial charge is 0.445 e. The Kier molecular flexibility index (Phi) is 8.04. The predicted molar refractivity (Wildman–Crippen MR) is 117 cm³/mol. The number of hydrogen-bond acceptors (Lipinski definition) is 8. The first-order valence-electron chi connectivity index (χ1n) is 10.5. The van der Waals surface area contributed by atoms with E-state index in [1.807, 2.05) is 30.3 Å². The van der Waals surface area contributed by atoms with Crippen LogP contribution in [0.4, 0.5) is 4.79 Å². The number of hydrogen-bond donors (Lipinski definition) is 2. The molecule has 1 aromatic carbocycles. The van der Waals surface area contributed by atoms with Crippen LogP contribution in [0.5, 0.6) is 0 Å². The van der Waals surface area contributed by atoms with E-state index in [9.17, 15) is 19.2 Å². The van der Waals surface area contributed by atoms with Gasteiger partial charge < -0.3 is 15.4 Å². The Bertz CT molecular complexity index is 976. The van der Waals surface area contributed by atoms with Crippen LogP contribution in [0.15, 0.2) is 30.3 Å². The van der Waals surface area contributed by atoms with Gasteiger partial charge in [0.25, 0.3) is 5.91 Å². The number of nitrogens with one attached hydrogen (secondary N) is 2. The maximum Gasteiger partial charge on any atom is 0.408 e. The Hall–Kier alpha value is -3.14. The summed E-state index contributed by atoms with van der Waals surface area (Å²) in [5, 5.41) is 14.7. The highest BCUT2D eigenvalue weighted by molar-refractivity contribution is 7.11. The number of rotatable bonds is 7. The van der Waals surface area contributed by atoms with Gasteiger partial charge in [0, 0.05) is 31.7 Å². The minimum atomic E-state index is -0.871. The highest BCUT2D eigenvalue weighted by Gasteiger charge is 2.33. The number of amides is 2. The third-order valence-electron chi connectivity index (χ3n) is 5.10. The molecule has 170 valence electrons. The van der Waals surface area contributed by atoms with Crippen LogP contribution in [0.25, 0.3) is 0 Å². The quantitative estimate of drug-likeness (QED) is 0.606. The van der Waals surface area contributed by atoms with Crippen molar-refractivity contribution >= 4 is 34.9 Å². The third-order valence-corrected chi connectivity index (χ3v) is 6.10. The molecule has 2 atom stereocenters. The van der Waals surface area contributed by atoms with Gasteiger partial charge in [-0.15, -0.1) is 21.5 Å². The molecule has 0 saturated heterocycles. The summed E-state index contributed by atoms with van der Waals surface area (Å²) in [5.74, 6) is -2.82. The molecule has 1 aromatic heterocycles. The van der Waals surface area contributed by atoms with Crippen LogP contribution in [-0.4, -0.2) is 46.4 Å². The molecule has 2 N–H and O–H groups in total. The van der Waals surface area contributed by atoms with E-state index < -0.39 is 29.7 Å². The number of ether oxygens (including phenoxy) is 1. The van der Waals surface area contributed by atoms with Gasteiger partial charge in [-0.1, -0.05) is 44.2 Å². The zero-order valence-electron chi connectivity index (χ0n) is 18.0. The summed E-state index contributed by atoms with van der Waals surface area (Å²) in [5.41, 5.74) is 0.824. The first kappa shape index (κ1) is 23.5. The smallest absolute Gasteiger partial charge is 0.408 e. The Labute approximate surface area is 189 Å². The van der Waals surface area contributed by atoms with Crippen LogP contribution >= 0.6 is 11.3 Å². The number of alkyl carbamates (subject to hydrolysis) is 1. The van der Waals surface area contributed by atoms with Crippen molar-refractivity contribution in [1.29, 1.82) is 0 Å². The van der Waals surface area contributed by atoms with Gasteiger partial charge in [-0.2, -0.15) is 0 Å². The summed E-state index contributed by atoms with van der Waals surface area (Å²) in [4.78, 5) is 50.2. The fraction of sp³-hybridized carbons (Fsp3) is 0.455. The number of ketones is 2.